The molecule has 0 unspecified atom stereocenters. The maximum atomic E-state index is 13.4. The van der Waals surface area contributed by atoms with Crippen molar-refractivity contribution >= 4 is 11.4 Å². The highest BCUT2D eigenvalue weighted by Crippen LogP contribution is 2.21. The van der Waals surface area contributed by atoms with E-state index in [4.69, 9.17) is 5.73 Å². The van der Waals surface area contributed by atoms with E-state index in [0.717, 1.165) is 6.42 Å². The van der Waals surface area contributed by atoms with Gasteiger partial charge in [0.1, 0.15) is 5.82 Å². The smallest absolute Gasteiger partial charge is 0.148 e. The van der Waals surface area contributed by atoms with Crippen molar-refractivity contribution in [1.29, 1.82) is 0 Å². The molecule has 2 rings (SSSR count). The van der Waals surface area contributed by atoms with Crippen LogP contribution in [0.2, 0.25) is 0 Å². The molecule has 16 heavy (non-hydrogen) atoms. The van der Waals surface area contributed by atoms with Crippen molar-refractivity contribution in [2.75, 3.05) is 17.6 Å². The van der Waals surface area contributed by atoms with Gasteiger partial charge in [-0.15, -0.1) is 0 Å². The number of hydrogen-bond acceptors (Lipinski definition) is 2. The van der Waals surface area contributed by atoms with Gasteiger partial charge in [0.25, 0.3) is 0 Å². The Labute approximate surface area is 93.5 Å². The molecule has 4 heteroatoms. The van der Waals surface area contributed by atoms with Gasteiger partial charge in [-0.1, -0.05) is 6.07 Å². The quantitative estimate of drug-likeness (QED) is 0.691. The highest BCUT2D eigenvalue weighted by atomic mass is 19.1. The summed E-state index contributed by atoms with van der Waals surface area (Å²) in [5.74, 6) is -0.311. The molecular formula is C12H14FN3. The summed E-state index contributed by atoms with van der Waals surface area (Å²) < 4.78 is 13.4. The second kappa shape index (κ2) is 4.70. The molecule has 3 nitrogen and oxygen atoms in total. The fraction of sp³-hybridized carbons (Fsp3) is 0.167. The Morgan fingerprint density at radius 1 is 1.31 bits per heavy atom. The molecule has 2 aromatic rings. The molecule has 1 aromatic heterocycles. The summed E-state index contributed by atoms with van der Waals surface area (Å²) >= 11 is 0. The van der Waals surface area contributed by atoms with E-state index in [1.165, 1.54) is 11.6 Å². The van der Waals surface area contributed by atoms with E-state index in [-0.39, 0.29) is 5.82 Å². The van der Waals surface area contributed by atoms with Gasteiger partial charge in [0.2, 0.25) is 0 Å². The molecule has 0 fully saturated rings. The molecule has 0 saturated carbocycles. The number of nitrogens with one attached hydrogen (secondary N) is 2. The predicted octanol–water partition coefficient (Wildman–Crippen LogP) is 2.39. The van der Waals surface area contributed by atoms with E-state index >= 15 is 0 Å². The Hall–Kier alpha value is -1.97. The maximum absolute atomic E-state index is 13.4. The van der Waals surface area contributed by atoms with E-state index < -0.39 is 0 Å². The summed E-state index contributed by atoms with van der Waals surface area (Å²) in [6, 6.07) is 6.67. The van der Waals surface area contributed by atoms with Crippen LogP contribution in [-0.4, -0.2) is 11.5 Å². The largest absolute Gasteiger partial charge is 0.397 e. The molecule has 0 atom stereocenters. The van der Waals surface area contributed by atoms with Crippen LogP contribution in [0.25, 0.3) is 0 Å². The van der Waals surface area contributed by atoms with Crippen molar-refractivity contribution < 1.29 is 4.39 Å². The number of hydrogen-bond donors (Lipinski definition) is 3. The van der Waals surface area contributed by atoms with Gasteiger partial charge in [-0.2, -0.15) is 0 Å². The number of aromatic nitrogens is 1. The number of H-pyrrole nitrogens is 1. The highest BCUT2D eigenvalue weighted by Gasteiger charge is 2.04. The third-order valence-electron chi connectivity index (χ3n) is 2.42. The third kappa shape index (κ3) is 2.34. The maximum Gasteiger partial charge on any atom is 0.148 e. The van der Waals surface area contributed by atoms with E-state index in [1.54, 1.807) is 12.1 Å². The first-order valence-electron chi connectivity index (χ1n) is 5.17. The third-order valence-corrected chi connectivity index (χ3v) is 2.42. The van der Waals surface area contributed by atoms with Crippen molar-refractivity contribution in [3.8, 4) is 0 Å². The zero-order valence-electron chi connectivity index (χ0n) is 8.83. The molecule has 0 saturated heterocycles. The fourth-order valence-electron chi connectivity index (χ4n) is 1.57. The summed E-state index contributed by atoms with van der Waals surface area (Å²) in [4.78, 5) is 2.97. The first kappa shape index (κ1) is 10.5. The molecule has 4 N–H and O–H groups in total. The minimum absolute atomic E-state index is 0.311. The molecule has 0 radical (unpaired) electrons. The molecule has 0 aliphatic carbocycles. The summed E-state index contributed by atoms with van der Waals surface area (Å²) in [7, 11) is 0. The molecular weight excluding hydrogens is 205 g/mol. The van der Waals surface area contributed by atoms with Crippen LogP contribution in [0.3, 0.4) is 0 Å². The number of halogens is 1. The van der Waals surface area contributed by atoms with Crippen molar-refractivity contribution in [3.63, 3.8) is 0 Å². The van der Waals surface area contributed by atoms with Gasteiger partial charge in [-0.3, -0.25) is 0 Å². The summed E-state index contributed by atoms with van der Waals surface area (Å²) in [5, 5.41) is 3.01. The van der Waals surface area contributed by atoms with Crippen molar-refractivity contribution in [2.45, 2.75) is 6.42 Å². The zero-order chi connectivity index (χ0) is 11.4. The van der Waals surface area contributed by atoms with E-state index in [0.29, 0.717) is 17.9 Å². The predicted molar refractivity (Wildman–Crippen MR) is 63.8 cm³/mol. The lowest BCUT2D eigenvalue weighted by molar-refractivity contribution is 0.630. The van der Waals surface area contributed by atoms with Crippen molar-refractivity contribution in [2.24, 2.45) is 0 Å². The first-order valence-corrected chi connectivity index (χ1v) is 5.17. The molecule has 0 bridgehead atoms. The lowest BCUT2D eigenvalue weighted by Gasteiger charge is -2.09. The average molecular weight is 219 g/mol. The highest BCUT2D eigenvalue weighted by molar-refractivity contribution is 5.66. The monoisotopic (exact) mass is 219 g/mol. The summed E-state index contributed by atoms with van der Waals surface area (Å²) in [5.41, 5.74) is 7.68. The Kier molecular flexibility index (Phi) is 3.10. The minimum Gasteiger partial charge on any atom is -0.397 e. The number of benzene rings is 1. The molecule has 0 amide bonds. The van der Waals surface area contributed by atoms with Crippen LogP contribution in [0.4, 0.5) is 15.8 Å². The van der Waals surface area contributed by atoms with E-state index in [9.17, 15) is 4.39 Å². The van der Waals surface area contributed by atoms with Gasteiger partial charge in [-0.25, -0.2) is 4.39 Å². The van der Waals surface area contributed by atoms with Crippen LogP contribution in [0, 0.1) is 5.82 Å². The Balaban J connectivity index is 1.95. The van der Waals surface area contributed by atoms with Crippen LogP contribution in [0.5, 0.6) is 0 Å². The van der Waals surface area contributed by atoms with E-state index in [2.05, 4.69) is 10.3 Å². The Morgan fingerprint density at radius 3 is 2.88 bits per heavy atom. The van der Waals surface area contributed by atoms with Crippen LogP contribution in [0.15, 0.2) is 36.7 Å². The SMILES string of the molecule is Nc1cccc(F)c1NCCc1cc[nH]c1. The van der Waals surface area contributed by atoms with Gasteiger partial charge in [0.15, 0.2) is 0 Å². The van der Waals surface area contributed by atoms with Crippen LogP contribution >= 0.6 is 0 Å². The topological polar surface area (TPSA) is 53.8 Å². The second-order valence-corrected chi connectivity index (χ2v) is 3.60. The number of aromatic amines is 1. The van der Waals surface area contributed by atoms with Crippen molar-refractivity contribution in [1.82, 2.24) is 4.98 Å². The van der Waals surface area contributed by atoms with Gasteiger partial charge in [0, 0.05) is 18.9 Å². The molecule has 0 aliphatic rings. The normalized spacial score (nSPS) is 10.3. The van der Waals surface area contributed by atoms with Crippen LogP contribution < -0.4 is 11.1 Å². The van der Waals surface area contributed by atoms with Crippen LogP contribution in [0.1, 0.15) is 5.56 Å². The average Bonchev–Trinajstić information content (AvgIpc) is 2.75. The number of anilines is 2. The first-order chi connectivity index (χ1) is 7.77. The van der Waals surface area contributed by atoms with Gasteiger partial charge in [-0.05, 0) is 30.2 Å². The number of nitrogens with two attached hydrogens (primary N) is 1. The van der Waals surface area contributed by atoms with Gasteiger partial charge >= 0.3 is 0 Å². The van der Waals surface area contributed by atoms with Gasteiger partial charge < -0.3 is 16.0 Å². The molecule has 0 spiro atoms. The molecule has 0 aliphatic heterocycles. The van der Waals surface area contributed by atoms with Gasteiger partial charge in [0.05, 0.1) is 11.4 Å². The molecule has 84 valence electrons. The molecule has 1 heterocycles. The Bertz CT molecular complexity index is 431. The summed E-state index contributed by atoms with van der Waals surface area (Å²) in [6.07, 6.45) is 4.62. The number of nitrogen functional groups attached to an aromatic ring is 1. The fourth-order valence-corrected chi connectivity index (χ4v) is 1.57. The second-order valence-electron chi connectivity index (χ2n) is 3.60. The lowest BCUT2D eigenvalue weighted by atomic mass is 10.2. The number of para-hydroxylation sites is 1. The zero-order valence-corrected chi connectivity index (χ0v) is 8.83. The Morgan fingerprint density at radius 2 is 2.19 bits per heavy atom. The van der Waals surface area contributed by atoms with Crippen LogP contribution in [-0.2, 0) is 6.42 Å². The van der Waals surface area contributed by atoms with E-state index in [1.807, 2.05) is 18.5 Å². The summed E-state index contributed by atoms with van der Waals surface area (Å²) in [6.45, 7) is 0.656. The van der Waals surface area contributed by atoms with Crippen molar-refractivity contribution in [3.05, 3.63) is 48.0 Å². The standard InChI is InChI=1S/C12H14FN3/c13-10-2-1-3-11(14)12(10)16-7-5-9-4-6-15-8-9/h1-4,6,8,15-16H,5,7,14H2. The minimum atomic E-state index is -0.311. The lowest BCUT2D eigenvalue weighted by Crippen LogP contribution is -2.08. The molecule has 1 aromatic carbocycles. The number of rotatable bonds is 4.